The molecule has 6 rings (SSSR count). The number of hydrogen-bond donors (Lipinski definition) is 0. The molecular weight excluding hydrogens is 282 g/mol. The van der Waals surface area contributed by atoms with Crippen LogP contribution in [0.3, 0.4) is 0 Å². The summed E-state index contributed by atoms with van der Waals surface area (Å²) in [6, 6.07) is 17.9. The molecule has 1 atom stereocenters. The lowest BCUT2D eigenvalue weighted by Crippen LogP contribution is -2.36. The van der Waals surface area contributed by atoms with E-state index < -0.39 is 0 Å². The highest BCUT2D eigenvalue weighted by Gasteiger charge is 2.47. The Kier molecular flexibility index (Phi) is 2.60. The van der Waals surface area contributed by atoms with Crippen molar-refractivity contribution in [3.63, 3.8) is 0 Å². The molecule has 1 aliphatic heterocycles. The minimum atomic E-state index is -0.0783. The lowest BCUT2D eigenvalue weighted by atomic mass is 9.59. The number of rotatable bonds is 1. The number of ether oxygens (including phenoxy) is 1. The zero-order chi connectivity index (χ0) is 15.6. The molecule has 2 heteroatoms. The summed E-state index contributed by atoms with van der Waals surface area (Å²) in [5.41, 5.74) is 5.88. The van der Waals surface area contributed by atoms with Crippen LogP contribution in [0.2, 0.25) is 0 Å². The fourth-order valence-electron chi connectivity index (χ4n) is 4.68. The van der Waals surface area contributed by atoms with Gasteiger partial charge in [-0.25, -0.2) is 4.99 Å². The Hall–Kier alpha value is -2.09. The van der Waals surface area contributed by atoms with Gasteiger partial charge < -0.3 is 4.74 Å². The van der Waals surface area contributed by atoms with Gasteiger partial charge in [0.2, 0.25) is 0 Å². The Bertz CT molecular complexity index is 773. The summed E-state index contributed by atoms with van der Waals surface area (Å²) in [7, 11) is 0. The molecule has 116 valence electrons. The van der Waals surface area contributed by atoms with E-state index in [0.29, 0.717) is 24.4 Å². The van der Waals surface area contributed by atoms with Crippen LogP contribution in [-0.2, 0) is 4.74 Å². The van der Waals surface area contributed by atoms with Gasteiger partial charge in [-0.05, 0) is 42.5 Å². The average Bonchev–Trinajstić information content (AvgIpc) is 2.95. The number of nitrogens with zero attached hydrogens (tertiary/aromatic N) is 1. The Morgan fingerprint density at radius 3 is 2.00 bits per heavy atom. The van der Waals surface area contributed by atoms with Crippen molar-refractivity contribution in [2.75, 3.05) is 6.61 Å². The van der Waals surface area contributed by atoms with Gasteiger partial charge >= 0.3 is 0 Å². The van der Waals surface area contributed by atoms with Crippen molar-refractivity contribution in [1.82, 2.24) is 0 Å². The molecule has 0 amide bonds. The molecule has 2 aromatic carbocycles. The first-order valence-electron chi connectivity index (χ1n) is 8.54. The summed E-state index contributed by atoms with van der Waals surface area (Å²) in [5.74, 6) is 2.23. The molecule has 1 heterocycles. The van der Waals surface area contributed by atoms with Gasteiger partial charge in [0.05, 0.1) is 5.54 Å². The van der Waals surface area contributed by atoms with E-state index in [0.717, 1.165) is 12.3 Å². The Morgan fingerprint density at radius 1 is 0.913 bits per heavy atom. The number of hydrogen-bond acceptors (Lipinski definition) is 2. The van der Waals surface area contributed by atoms with Crippen LogP contribution < -0.4 is 0 Å². The Labute approximate surface area is 137 Å². The van der Waals surface area contributed by atoms with Crippen molar-refractivity contribution in [3.8, 4) is 0 Å². The number of aliphatic imine (C=N–C) groups is 1. The topological polar surface area (TPSA) is 21.6 Å². The molecule has 0 aromatic heterocycles. The lowest BCUT2D eigenvalue weighted by Gasteiger charge is -2.45. The standard InChI is InChI=1S/C21H21NO/c1-21(2)12-23-20(22-21)18-11-17-13-7-3-5-9-15(13)19(18)16-10-6-4-8-14(16)17/h3-10,17-19H,11-12H2,1-2H3. The molecule has 4 aliphatic rings. The SMILES string of the molecule is CC1(C)COC(C2CC3c4ccccc4C2c2ccccc23)=N1. The van der Waals surface area contributed by atoms with Gasteiger partial charge in [0.25, 0.3) is 0 Å². The smallest absolute Gasteiger partial charge is 0.188 e. The highest BCUT2D eigenvalue weighted by molar-refractivity contribution is 5.84. The highest BCUT2D eigenvalue weighted by Crippen LogP contribution is 2.56. The molecular formula is C21H21NO. The first-order chi connectivity index (χ1) is 11.1. The van der Waals surface area contributed by atoms with Crippen molar-refractivity contribution in [3.05, 3.63) is 70.8 Å². The van der Waals surface area contributed by atoms with E-state index in [2.05, 4.69) is 62.4 Å². The zero-order valence-electron chi connectivity index (χ0n) is 13.6. The summed E-state index contributed by atoms with van der Waals surface area (Å²) in [5, 5.41) is 0. The van der Waals surface area contributed by atoms with E-state index in [1.54, 1.807) is 0 Å². The Balaban J connectivity index is 1.69. The first kappa shape index (κ1) is 13.4. The quantitative estimate of drug-likeness (QED) is 0.760. The maximum atomic E-state index is 6.04. The van der Waals surface area contributed by atoms with Crippen LogP contribution in [0.5, 0.6) is 0 Å². The third-order valence-electron chi connectivity index (χ3n) is 5.61. The van der Waals surface area contributed by atoms with Gasteiger partial charge in [-0.2, -0.15) is 0 Å². The highest BCUT2D eigenvalue weighted by atomic mass is 16.5. The fourth-order valence-corrected chi connectivity index (χ4v) is 4.68. The summed E-state index contributed by atoms with van der Waals surface area (Å²) in [6.07, 6.45) is 1.12. The van der Waals surface area contributed by atoms with Crippen molar-refractivity contribution in [1.29, 1.82) is 0 Å². The Morgan fingerprint density at radius 2 is 1.48 bits per heavy atom. The lowest BCUT2D eigenvalue weighted by molar-refractivity contribution is 0.254. The number of benzene rings is 2. The fraction of sp³-hybridized carbons (Fsp3) is 0.381. The summed E-state index contributed by atoms with van der Waals surface area (Å²) >= 11 is 0. The van der Waals surface area contributed by atoms with Crippen molar-refractivity contribution in [2.45, 2.75) is 37.6 Å². The monoisotopic (exact) mass is 303 g/mol. The molecule has 0 radical (unpaired) electrons. The summed E-state index contributed by atoms with van der Waals surface area (Å²) in [4.78, 5) is 4.90. The van der Waals surface area contributed by atoms with E-state index >= 15 is 0 Å². The van der Waals surface area contributed by atoms with Crippen molar-refractivity contribution >= 4 is 5.90 Å². The van der Waals surface area contributed by atoms with Crippen LogP contribution in [0.1, 0.15) is 54.4 Å². The first-order valence-corrected chi connectivity index (χ1v) is 8.54. The van der Waals surface area contributed by atoms with E-state index in [-0.39, 0.29) is 5.54 Å². The molecule has 0 spiro atoms. The molecule has 0 N–H and O–H groups in total. The van der Waals surface area contributed by atoms with Crippen LogP contribution in [0.4, 0.5) is 0 Å². The molecule has 1 unspecified atom stereocenters. The van der Waals surface area contributed by atoms with Crippen molar-refractivity contribution in [2.24, 2.45) is 10.9 Å². The molecule has 0 saturated carbocycles. The summed E-state index contributed by atoms with van der Waals surface area (Å²) < 4.78 is 6.04. The van der Waals surface area contributed by atoms with Gasteiger partial charge in [0.15, 0.2) is 5.90 Å². The average molecular weight is 303 g/mol. The van der Waals surface area contributed by atoms with Gasteiger partial charge in [-0.15, -0.1) is 0 Å². The summed E-state index contributed by atoms with van der Waals surface area (Å²) in [6.45, 7) is 5.02. The van der Waals surface area contributed by atoms with Gasteiger partial charge in [-0.3, -0.25) is 0 Å². The maximum Gasteiger partial charge on any atom is 0.188 e. The largest absolute Gasteiger partial charge is 0.478 e. The molecule has 2 bridgehead atoms. The third kappa shape index (κ3) is 1.84. The minimum Gasteiger partial charge on any atom is -0.478 e. The second-order valence-corrected chi connectivity index (χ2v) is 7.68. The van der Waals surface area contributed by atoms with E-state index in [4.69, 9.17) is 9.73 Å². The molecule has 0 saturated heterocycles. The van der Waals surface area contributed by atoms with Crippen molar-refractivity contribution < 1.29 is 4.74 Å². The molecule has 23 heavy (non-hydrogen) atoms. The minimum absolute atomic E-state index is 0.0783. The second-order valence-electron chi connectivity index (χ2n) is 7.68. The molecule has 2 aromatic rings. The van der Waals surface area contributed by atoms with Crippen LogP contribution in [0, 0.1) is 5.92 Å². The van der Waals surface area contributed by atoms with Gasteiger partial charge in [0, 0.05) is 17.8 Å². The second kappa shape index (κ2) is 4.47. The van der Waals surface area contributed by atoms with E-state index in [9.17, 15) is 0 Å². The molecule has 0 fully saturated rings. The van der Waals surface area contributed by atoms with E-state index in [1.165, 1.54) is 22.3 Å². The van der Waals surface area contributed by atoms with Crippen LogP contribution in [0.15, 0.2) is 53.5 Å². The third-order valence-corrected chi connectivity index (χ3v) is 5.61. The van der Waals surface area contributed by atoms with Crippen LogP contribution in [-0.4, -0.2) is 18.0 Å². The molecule has 3 aliphatic carbocycles. The predicted molar refractivity (Wildman–Crippen MR) is 92.1 cm³/mol. The molecule has 2 nitrogen and oxygen atoms in total. The number of fused-ring (bicyclic) bond motifs is 1. The normalized spacial score (nSPS) is 29.5. The predicted octanol–water partition coefficient (Wildman–Crippen LogP) is 4.49. The van der Waals surface area contributed by atoms with Crippen LogP contribution in [0.25, 0.3) is 0 Å². The zero-order valence-corrected chi connectivity index (χ0v) is 13.6. The van der Waals surface area contributed by atoms with Gasteiger partial charge in [0.1, 0.15) is 6.61 Å². The van der Waals surface area contributed by atoms with E-state index in [1.807, 2.05) is 0 Å². The van der Waals surface area contributed by atoms with Gasteiger partial charge in [-0.1, -0.05) is 48.5 Å². The maximum absolute atomic E-state index is 6.04. The van der Waals surface area contributed by atoms with Crippen LogP contribution >= 0.6 is 0 Å².